The van der Waals surface area contributed by atoms with Crippen LogP contribution >= 0.6 is 0 Å². The lowest BCUT2D eigenvalue weighted by atomic mass is 10.2. The molecule has 0 saturated heterocycles. The smallest absolute Gasteiger partial charge is 0.158 e. The zero-order valence-electron chi connectivity index (χ0n) is 16.3. The van der Waals surface area contributed by atoms with Crippen molar-refractivity contribution in [3.05, 3.63) is 84.7 Å². The van der Waals surface area contributed by atoms with Crippen molar-refractivity contribution >= 4 is 33.4 Å². The number of nitrogens with zero attached hydrogens (tertiary/aromatic N) is 4. The molecule has 3 heterocycles. The molecule has 0 amide bonds. The minimum atomic E-state index is -0.217. The molecule has 3 aromatic heterocycles. The quantitative estimate of drug-likeness (QED) is 0.446. The van der Waals surface area contributed by atoms with E-state index in [4.69, 9.17) is 5.73 Å². The lowest BCUT2D eigenvalue weighted by Crippen LogP contribution is -2.10. The maximum Gasteiger partial charge on any atom is 0.158 e. The van der Waals surface area contributed by atoms with Crippen LogP contribution in [-0.4, -0.2) is 25.6 Å². The molecule has 0 aliphatic rings. The molecule has 0 atom stereocenters. The van der Waals surface area contributed by atoms with Gasteiger partial charge in [-0.05, 0) is 48.0 Å². The molecule has 3 N–H and O–H groups in total. The zero-order chi connectivity index (χ0) is 20.5. The molecule has 7 heteroatoms. The van der Waals surface area contributed by atoms with Gasteiger partial charge in [0.2, 0.25) is 0 Å². The predicted molar refractivity (Wildman–Crippen MR) is 117 cm³/mol. The van der Waals surface area contributed by atoms with Gasteiger partial charge >= 0.3 is 0 Å². The van der Waals surface area contributed by atoms with Crippen molar-refractivity contribution in [3.63, 3.8) is 0 Å². The zero-order valence-corrected chi connectivity index (χ0v) is 16.3. The minimum absolute atomic E-state index is 0.217. The lowest BCUT2D eigenvalue weighted by Gasteiger charge is -2.11. The molecule has 0 bridgehead atoms. The number of rotatable bonds is 6. The molecule has 2 aromatic carbocycles. The summed E-state index contributed by atoms with van der Waals surface area (Å²) in [4.78, 5) is 8.78. The first kappa shape index (κ1) is 18.3. The largest absolute Gasteiger partial charge is 0.343 e. The molecule has 0 radical (unpaired) electrons. The lowest BCUT2D eigenvalue weighted by molar-refractivity contribution is 0.624. The predicted octanol–water partition coefficient (Wildman–Crippen LogP) is 4.28. The van der Waals surface area contributed by atoms with E-state index < -0.39 is 0 Å². The van der Waals surface area contributed by atoms with Gasteiger partial charge in [-0.1, -0.05) is 12.1 Å². The van der Waals surface area contributed by atoms with Gasteiger partial charge in [-0.25, -0.2) is 14.4 Å². The molecule has 0 spiro atoms. The van der Waals surface area contributed by atoms with E-state index in [2.05, 4.69) is 42.6 Å². The monoisotopic (exact) mass is 400 g/mol. The summed E-state index contributed by atoms with van der Waals surface area (Å²) in [7, 11) is 0. The highest BCUT2D eigenvalue weighted by Crippen LogP contribution is 2.27. The van der Waals surface area contributed by atoms with E-state index in [0.717, 1.165) is 39.0 Å². The fourth-order valence-electron chi connectivity index (χ4n) is 3.83. The molecule has 30 heavy (non-hydrogen) atoms. The van der Waals surface area contributed by atoms with E-state index >= 15 is 0 Å². The van der Waals surface area contributed by atoms with Crippen molar-refractivity contribution in [3.8, 4) is 0 Å². The summed E-state index contributed by atoms with van der Waals surface area (Å²) in [6.45, 7) is 1.86. The number of nitrogens with one attached hydrogen (secondary N) is 1. The first-order chi connectivity index (χ1) is 14.7. The van der Waals surface area contributed by atoms with Gasteiger partial charge in [-0.3, -0.25) is 0 Å². The Morgan fingerprint density at radius 1 is 0.967 bits per heavy atom. The van der Waals surface area contributed by atoms with E-state index in [1.165, 1.54) is 6.07 Å². The van der Waals surface area contributed by atoms with Gasteiger partial charge in [0.15, 0.2) is 5.82 Å². The van der Waals surface area contributed by atoms with Crippen LogP contribution in [0.2, 0.25) is 0 Å². The van der Waals surface area contributed by atoms with Crippen LogP contribution in [0.1, 0.15) is 5.56 Å². The first-order valence-corrected chi connectivity index (χ1v) is 9.81. The highest BCUT2D eigenvalue weighted by molar-refractivity contribution is 5.90. The van der Waals surface area contributed by atoms with Crippen molar-refractivity contribution in [2.75, 3.05) is 11.9 Å². The van der Waals surface area contributed by atoms with Crippen molar-refractivity contribution in [1.29, 1.82) is 0 Å². The van der Waals surface area contributed by atoms with Gasteiger partial charge in [0, 0.05) is 48.6 Å². The number of hydrogen-bond donors (Lipinski definition) is 2. The molecule has 150 valence electrons. The molecule has 0 unspecified atom stereocenters. The fourth-order valence-corrected chi connectivity index (χ4v) is 3.83. The molecule has 5 rings (SSSR count). The third kappa shape index (κ3) is 3.40. The Hall–Kier alpha value is -3.71. The number of nitrogens with two attached hydrogens (primary N) is 1. The second-order valence-electron chi connectivity index (χ2n) is 7.23. The Morgan fingerprint density at radius 3 is 2.73 bits per heavy atom. The van der Waals surface area contributed by atoms with Gasteiger partial charge in [-0.2, -0.15) is 0 Å². The summed E-state index contributed by atoms with van der Waals surface area (Å²) in [5, 5.41) is 4.52. The maximum absolute atomic E-state index is 13.5. The average Bonchev–Trinajstić information content (AvgIpc) is 3.33. The molecule has 6 nitrogen and oxygen atoms in total. The van der Waals surface area contributed by atoms with Gasteiger partial charge in [0.05, 0.1) is 5.52 Å². The topological polar surface area (TPSA) is 73.7 Å². The van der Waals surface area contributed by atoms with Crippen LogP contribution in [-0.2, 0) is 13.1 Å². The van der Waals surface area contributed by atoms with Crippen molar-refractivity contribution in [2.45, 2.75) is 13.1 Å². The van der Waals surface area contributed by atoms with Crippen molar-refractivity contribution < 1.29 is 4.39 Å². The minimum Gasteiger partial charge on any atom is -0.343 e. The summed E-state index contributed by atoms with van der Waals surface area (Å²) in [5.74, 6) is 0.531. The number of hydrogen-bond acceptors (Lipinski definition) is 4. The van der Waals surface area contributed by atoms with Crippen LogP contribution in [0.3, 0.4) is 0 Å². The van der Waals surface area contributed by atoms with Gasteiger partial charge in [0.25, 0.3) is 0 Å². The second-order valence-corrected chi connectivity index (χ2v) is 7.23. The Balaban J connectivity index is 1.45. The van der Waals surface area contributed by atoms with E-state index in [1.807, 2.05) is 30.6 Å². The van der Waals surface area contributed by atoms with Crippen LogP contribution in [0.15, 0.2) is 73.3 Å². The molecular formula is C23H21FN6. The number of halogens is 1. The highest BCUT2D eigenvalue weighted by Gasteiger charge is 2.10. The van der Waals surface area contributed by atoms with Crippen LogP contribution in [0.5, 0.6) is 0 Å². The number of aromatic nitrogens is 4. The normalized spacial score (nSPS) is 11.4. The van der Waals surface area contributed by atoms with Gasteiger partial charge in [-0.15, -0.1) is 0 Å². The highest BCUT2D eigenvalue weighted by atomic mass is 19.1. The Kier molecular flexibility index (Phi) is 4.65. The molecule has 0 aliphatic carbocycles. The van der Waals surface area contributed by atoms with E-state index in [-0.39, 0.29) is 5.82 Å². The van der Waals surface area contributed by atoms with Crippen LogP contribution in [0.25, 0.3) is 21.9 Å². The maximum atomic E-state index is 13.5. The van der Waals surface area contributed by atoms with Crippen LogP contribution in [0.4, 0.5) is 15.9 Å². The average molecular weight is 400 g/mol. The first-order valence-electron chi connectivity index (χ1n) is 9.81. The van der Waals surface area contributed by atoms with Crippen molar-refractivity contribution in [2.24, 2.45) is 5.73 Å². The fraction of sp³-hybridized carbons (Fsp3) is 0.130. The van der Waals surface area contributed by atoms with Crippen molar-refractivity contribution in [1.82, 2.24) is 19.1 Å². The number of fused-ring (bicyclic) bond motifs is 2. The Morgan fingerprint density at radius 2 is 1.87 bits per heavy atom. The molecule has 5 aromatic rings. The molecule has 0 fully saturated rings. The second kappa shape index (κ2) is 7.61. The Bertz CT molecular complexity index is 1340. The van der Waals surface area contributed by atoms with E-state index in [1.54, 1.807) is 18.5 Å². The van der Waals surface area contributed by atoms with E-state index in [9.17, 15) is 4.39 Å². The van der Waals surface area contributed by atoms with Gasteiger partial charge < -0.3 is 20.2 Å². The van der Waals surface area contributed by atoms with E-state index in [0.29, 0.717) is 19.6 Å². The summed E-state index contributed by atoms with van der Waals surface area (Å²) in [6, 6.07) is 16.9. The molecule has 0 saturated carbocycles. The third-order valence-electron chi connectivity index (χ3n) is 5.20. The Labute approximate surface area is 172 Å². The third-order valence-corrected chi connectivity index (χ3v) is 5.20. The number of anilines is 2. The summed E-state index contributed by atoms with van der Waals surface area (Å²) < 4.78 is 17.7. The molecular weight excluding hydrogens is 379 g/mol. The number of benzene rings is 2. The standard InChI is InChI=1S/C23H21FN6/c24-18-3-1-2-16(12-18)14-30-9-6-17-13-19(4-5-21(17)30)28-23-22-20(26-15-27-23)7-10-29(22)11-8-25/h1-7,9-10,12-13,15H,8,11,14,25H2,(H,26,27,28). The SMILES string of the molecule is NCCn1ccc2ncnc(Nc3ccc4c(ccn4Cc4cccc(F)c4)c3)c21. The van der Waals surface area contributed by atoms with Crippen LogP contribution < -0.4 is 11.1 Å². The summed E-state index contributed by atoms with van der Waals surface area (Å²) in [5.41, 5.74) is 10.5. The van der Waals surface area contributed by atoms with Crippen LogP contribution in [0, 0.1) is 5.82 Å². The summed E-state index contributed by atoms with van der Waals surface area (Å²) >= 11 is 0. The molecule has 0 aliphatic heterocycles. The summed E-state index contributed by atoms with van der Waals surface area (Å²) in [6.07, 6.45) is 5.56. The van der Waals surface area contributed by atoms with Gasteiger partial charge in [0.1, 0.15) is 17.7 Å².